The second-order valence-electron chi connectivity index (χ2n) is 10.8. The molecular formula is C28H47N5O9. The summed E-state index contributed by atoms with van der Waals surface area (Å²) >= 11 is 0. The molecule has 1 saturated heterocycles. The first-order chi connectivity index (χ1) is 19.8. The van der Waals surface area contributed by atoms with Crippen LogP contribution in [0.5, 0.6) is 0 Å². The third-order valence-electron chi connectivity index (χ3n) is 5.98. The Balaban J connectivity index is 2.89. The number of hydrogen-bond acceptors (Lipinski definition) is 9. The van der Waals surface area contributed by atoms with Gasteiger partial charge in [0.15, 0.2) is 6.10 Å². The molecule has 0 bridgehead atoms. The summed E-state index contributed by atoms with van der Waals surface area (Å²) in [6, 6.07) is -1.91. The summed E-state index contributed by atoms with van der Waals surface area (Å²) in [5.74, 6) is -2.32. The predicted molar refractivity (Wildman–Crippen MR) is 153 cm³/mol. The van der Waals surface area contributed by atoms with Crippen LogP contribution >= 0.6 is 0 Å². The van der Waals surface area contributed by atoms with Crippen molar-refractivity contribution in [3.63, 3.8) is 0 Å². The number of carbonyl (C=O) groups excluding carboxylic acids is 6. The molecule has 5 amide bonds. The standard InChI is InChI=1S/C28H47N5O9/c1-7-9-15-30-26(38)40-17-11-12-20(32-27(39)42-28(4,5)6)25(37)33-16-10-13-21(33)23(35)31-18-22(41-19(3)34)24(36)29-14-8-2/h8,20-22H,2,7,9-18H2,1,3-6H3,(H,29,36)(H,30,38)(H,31,35)(H,32,39)/t20-,21-,22?/m0/s1. The maximum atomic E-state index is 13.6. The fourth-order valence-corrected chi connectivity index (χ4v) is 4.07. The second-order valence-corrected chi connectivity index (χ2v) is 10.8. The molecule has 1 fully saturated rings. The van der Waals surface area contributed by atoms with E-state index in [1.165, 1.54) is 11.0 Å². The van der Waals surface area contributed by atoms with E-state index < -0.39 is 59.7 Å². The molecule has 14 nitrogen and oxygen atoms in total. The molecule has 3 atom stereocenters. The number of nitrogens with one attached hydrogen (secondary N) is 4. The first-order valence-electron chi connectivity index (χ1n) is 14.3. The molecule has 0 aliphatic carbocycles. The van der Waals surface area contributed by atoms with Crippen LogP contribution in [0.3, 0.4) is 0 Å². The van der Waals surface area contributed by atoms with Gasteiger partial charge in [0.05, 0.1) is 13.2 Å². The number of alkyl carbamates (subject to hydrolysis) is 2. The number of hydrogen-bond donors (Lipinski definition) is 4. The van der Waals surface area contributed by atoms with E-state index in [2.05, 4.69) is 27.8 Å². The fourth-order valence-electron chi connectivity index (χ4n) is 4.07. The number of ether oxygens (including phenoxy) is 3. The summed E-state index contributed by atoms with van der Waals surface area (Å²) in [4.78, 5) is 76.2. The summed E-state index contributed by atoms with van der Waals surface area (Å²) in [6.45, 7) is 12.4. The van der Waals surface area contributed by atoms with Crippen molar-refractivity contribution in [1.29, 1.82) is 0 Å². The van der Waals surface area contributed by atoms with Crippen LogP contribution < -0.4 is 21.3 Å². The lowest BCUT2D eigenvalue weighted by molar-refractivity contribution is -0.154. The fraction of sp³-hybridized carbons (Fsp3) is 0.714. The highest BCUT2D eigenvalue weighted by atomic mass is 16.6. The molecule has 4 N–H and O–H groups in total. The summed E-state index contributed by atoms with van der Waals surface area (Å²) in [6.07, 6.45) is 1.87. The van der Waals surface area contributed by atoms with Gasteiger partial charge in [-0.15, -0.1) is 6.58 Å². The van der Waals surface area contributed by atoms with Crippen LogP contribution in [-0.2, 0) is 33.4 Å². The van der Waals surface area contributed by atoms with Gasteiger partial charge in [0.2, 0.25) is 11.8 Å². The number of likely N-dealkylation sites (tertiary alicyclic amines) is 1. The van der Waals surface area contributed by atoms with E-state index in [0.29, 0.717) is 19.4 Å². The van der Waals surface area contributed by atoms with E-state index in [1.54, 1.807) is 20.8 Å². The Hall–Kier alpha value is -3.84. The van der Waals surface area contributed by atoms with Crippen molar-refractivity contribution < 1.29 is 43.0 Å². The molecule has 0 aromatic rings. The molecule has 1 rings (SSSR count). The molecule has 1 unspecified atom stereocenters. The monoisotopic (exact) mass is 597 g/mol. The van der Waals surface area contributed by atoms with Crippen molar-refractivity contribution in [1.82, 2.24) is 26.2 Å². The Kier molecular flexibility index (Phi) is 16.0. The largest absolute Gasteiger partial charge is 0.451 e. The van der Waals surface area contributed by atoms with Gasteiger partial charge < -0.3 is 40.4 Å². The van der Waals surface area contributed by atoms with Crippen molar-refractivity contribution >= 4 is 35.9 Å². The number of unbranched alkanes of at least 4 members (excludes halogenated alkanes) is 1. The van der Waals surface area contributed by atoms with Crippen LogP contribution in [-0.4, -0.2) is 97.4 Å². The van der Waals surface area contributed by atoms with Crippen LogP contribution in [0.1, 0.15) is 73.1 Å². The Morgan fingerprint density at radius 1 is 1.05 bits per heavy atom. The van der Waals surface area contributed by atoms with Crippen molar-refractivity contribution in [3.8, 4) is 0 Å². The van der Waals surface area contributed by atoms with Gasteiger partial charge in [-0.1, -0.05) is 19.4 Å². The van der Waals surface area contributed by atoms with E-state index in [1.807, 2.05) is 6.92 Å². The molecule has 0 saturated carbocycles. The maximum Gasteiger partial charge on any atom is 0.408 e. The Morgan fingerprint density at radius 2 is 1.76 bits per heavy atom. The highest BCUT2D eigenvalue weighted by molar-refractivity contribution is 5.92. The van der Waals surface area contributed by atoms with Crippen LogP contribution in [0.2, 0.25) is 0 Å². The van der Waals surface area contributed by atoms with Gasteiger partial charge in [-0.25, -0.2) is 9.59 Å². The summed E-state index contributed by atoms with van der Waals surface area (Å²) in [5.41, 5.74) is -0.802. The summed E-state index contributed by atoms with van der Waals surface area (Å²) in [7, 11) is 0. The van der Waals surface area contributed by atoms with Crippen LogP contribution in [0, 0.1) is 0 Å². The summed E-state index contributed by atoms with van der Waals surface area (Å²) < 4.78 is 15.5. The van der Waals surface area contributed by atoms with Crippen LogP contribution in [0.15, 0.2) is 12.7 Å². The van der Waals surface area contributed by atoms with Crippen molar-refractivity contribution in [2.75, 3.05) is 32.8 Å². The number of rotatable bonds is 16. The molecule has 0 spiro atoms. The van der Waals surface area contributed by atoms with E-state index in [0.717, 1.165) is 19.8 Å². The SMILES string of the molecule is C=CCNC(=O)C(CNC(=O)[C@@H]1CCCN1C(=O)[C@H](CCCOC(=O)NCCCC)NC(=O)OC(C)(C)C)OC(C)=O. The lowest BCUT2D eigenvalue weighted by atomic mass is 10.1. The highest BCUT2D eigenvalue weighted by Crippen LogP contribution is 2.20. The van der Waals surface area contributed by atoms with Crippen LogP contribution in [0.25, 0.3) is 0 Å². The van der Waals surface area contributed by atoms with Gasteiger partial charge in [0.25, 0.3) is 5.91 Å². The minimum absolute atomic E-state index is 0.0209. The average Bonchev–Trinajstić information content (AvgIpc) is 3.40. The van der Waals surface area contributed by atoms with Gasteiger partial charge in [0.1, 0.15) is 17.7 Å². The van der Waals surface area contributed by atoms with Gasteiger partial charge in [0, 0.05) is 26.6 Å². The molecular weight excluding hydrogens is 550 g/mol. The number of carbonyl (C=O) groups is 6. The summed E-state index contributed by atoms with van der Waals surface area (Å²) in [5, 5.41) is 10.3. The van der Waals surface area contributed by atoms with E-state index >= 15 is 0 Å². The molecule has 1 heterocycles. The molecule has 1 aliphatic rings. The minimum atomic E-state index is -1.27. The first-order valence-corrected chi connectivity index (χ1v) is 14.3. The molecule has 42 heavy (non-hydrogen) atoms. The van der Waals surface area contributed by atoms with Gasteiger partial charge in [-0.2, -0.15) is 0 Å². The average molecular weight is 598 g/mol. The first kappa shape index (κ1) is 36.2. The number of esters is 1. The zero-order valence-corrected chi connectivity index (χ0v) is 25.4. The van der Waals surface area contributed by atoms with Crippen molar-refractivity contribution in [2.24, 2.45) is 0 Å². The quantitative estimate of drug-likeness (QED) is 0.0887. The smallest absolute Gasteiger partial charge is 0.408 e. The molecule has 238 valence electrons. The lowest BCUT2D eigenvalue weighted by Gasteiger charge is -2.30. The Labute approximate surface area is 247 Å². The normalized spacial score (nSPS) is 15.9. The molecule has 1 aliphatic heterocycles. The zero-order chi connectivity index (χ0) is 31.7. The van der Waals surface area contributed by atoms with Gasteiger partial charge in [-0.3, -0.25) is 19.2 Å². The van der Waals surface area contributed by atoms with Crippen molar-refractivity contribution in [2.45, 2.75) is 96.9 Å². The number of amides is 5. The Morgan fingerprint density at radius 3 is 2.38 bits per heavy atom. The van der Waals surface area contributed by atoms with Gasteiger partial charge >= 0.3 is 18.2 Å². The Bertz CT molecular complexity index is 951. The highest BCUT2D eigenvalue weighted by Gasteiger charge is 2.38. The lowest BCUT2D eigenvalue weighted by Crippen LogP contribution is -2.55. The molecule has 0 aromatic heterocycles. The predicted octanol–water partition coefficient (Wildman–Crippen LogP) is 1.53. The molecule has 0 aromatic carbocycles. The van der Waals surface area contributed by atoms with E-state index in [-0.39, 0.29) is 39.1 Å². The van der Waals surface area contributed by atoms with Gasteiger partial charge in [-0.05, 0) is 52.9 Å². The molecule has 14 heteroatoms. The molecule has 0 radical (unpaired) electrons. The topological polar surface area (TPSA) is 181 Å². The third kappa shape index (κ3) is 14.2. The zero-order valence-electron chi connectivity index (χ0n) is 25.4. The van der Waals surface area contributed by atoms with Crippen LogP contribution in [0.4, 0.5) is 9.59 Å². The van der Waals surface area contributed by atoms with E-state index in [4.69, 9.17) is 14.2 Å². The second kappa shape index (κ2) is 18.6. The number of nitrogens with zero attached hydrogens (tertiary/aromatic N) is 1. The van der Waals surface area contributed by atoms with E-state index in [9.17, 15) is 28.8 Å². The minimum Gasteiger partial charge on any atom is -0.451 e. The maximum absolute atomic E-state index is 13.6. The third-order valence-corrected chi connectivity index (χ3v) is 5.98. The van der Waals surface area contributed by atoms with Crippen molar-refractivity contribution in [3.05, 3.63) is 12.7 Å².